The average molecular weight is 654 g/mol. The fourth-order valence-corrected chi connectivity index (χ4v) is 6.24. The predicted molar refractivity (Wildman–Crippen MR) is 163 cm³/mol. The Morgan fingerprint density at radius 2 is 1.89 bits per heavy atom. The summed E-state index contributed by atoms with van der Waals surface area (Å²) >= 11 is 1.17. The molecule has 14 heteroatoms. The number of aryl methyl sites for hydroxylation is 1. The average Bonchev–Trinajstić information content (AvgIpc) is 3.70. The van der Waals surface area contributed by atoms with Gasteiger partial charge in [-0.3, -0.25) is 0 Å². The highest BCUT2D eigenvalue weighted by molar-refractivity contribution is 7.13. The number of carbonyl (C=O) groups is 1. The largest absolute Gasteiger partial charge is 0.478 e. The first-order chi connectivity index (χ1) is 21.9. The predicted octanol–water partition coefficient (Wildman–Crippen LogP) is 6.54. The molecule has 0 radical (unpaired) electrons. The van der Waals surface area contributed by atoms with Gasteiger partial charge >= 0.3 is 5.97 Å². The maximum absolute atomic E-state index is 15.8. The van der Waals surface area contributed by atoms with Crippen molar-refractivity contribution in [2.24, 2.45) is 5.41 Å². The van der Waals surface area contributed by atoms with Crippen molar-refractivity contribution in [2.45, 2.75) is 46.8 Å². The smallest absolute Gasteiger partial charge is 0.335 e. The summed E-state index contributed by atoms with van der Waals surface area (Å²) in [5.74, 6) is -3.21. The third-order valence-corrected chi connectivity index (χ3v) is 8.72. The summed E-state index contributed by atoms with van der Waals surface area (Å²) in [7, 11) is 0. The van der Waals surface area contributed by atoms with E-state index in [-0.39, 0.29) is 47.0 Å². The molecule has 1 saturated heterocycles. The number of ether oxygens (including phenoxy) is 3. The van der Waals surface area contributed by atoms with Crippen molar-refractivity contribution in [1.29, 1.82) is 0 Å². The molecular formula is C32H30F3N5O5S. The monoisotopic (exact) mass is 653 g/mol. The first-order valence-electron chi connectivity index (χ1n) is 14.5. The summed E-state index contributed by atoms with van der Waals surface area (Å²) in [6.45, 7) is 8.68. The van der Waals surface area contributed by atoms with E-state index in [1.165, 1.54) is 35.6 Å². The molecule has 3 aromatic heterocycles. The summed E-state index contributed by atoms with van der Waals surface area (Å²) in [4.78, 5) is 20.6. The Kier molecular flexibility index (Phi) is 8.42. The van der Waals surface area contributed by atoms with Gasteiger partial charge in [0.15, 0.2) is 16.6 Å². The van der Waals surface area contributed by atoms with E-state index >= 15 is 8.78 Å². The van der Waals surface area contributed by atoms with Crippen molar-refractivity contribution in [2.75, 3.05) is 19.8 Å². The van der Waals surface area contributed by atoms with Gasteiger partial charge in [0.1, 0.15) is 23.8 Å². The normalized spacial score (nSPS) is 15.8. The molecule has 0 spiro atoms. The van der Waals surface area contributed by atoms with Crippen LogP contribution in [0.15, 0.2) is 36.4 Å². The van der Waals surface area contributed by atoms with Gasteiger partial charge in [-0.05, 0) is 55.3 Å². The van der Waals surface area contributed by atoms with Crippen molar-refractivity contribution in [1.82, 2.24) is 24.7 Å². The molecule has 1 aliphatic rings. The third-order valence-electron chi connectivity index (χ3n) is 7.91. The zero-order chi connectivity index (χ0) is 32.7. The van der Waals surface area contributed by atoms with Crippen LogP contribution in [0.2, 0.25) is 0 Å². The molecule has 240 valence electrons. The summed E-state index contributed by atoms with van der Waals surface area (Å²) < 4.78 is 64.0. The van der Waals surface area contributed by atoms with Gasteiger partial charge in [-0.2, -0.15) is 0 Å². The molecule has 6 rings (SSSR count). The first-order valence-corrected chi connectivity index (χ1v) is 15.3. The summed E-state index contributed by atoms with van der Waals surface area (Å²) in [5.41, 5.74) is 1.37. The van der Waals surface area contributed by atoms with Gasteiger partial charge in [0.25, 0.3) is 11.1 Å². The van der Waals surface area contributed by atoms with Gasteiger partial charge in [0, 0.05) is 17.4 Å². The fraction of sp³-hybridized carbons (Fsp3) is 0.344. The van der Waals surface area contributed by atoms with Crippen molar-refractivity contribution < 1.29 is 37.3 Å². The minimum atomic E-state index is -1.27. The number of imidazole rings is 1. The van der Waals surface area contributed by atoms with Gasteiger partial charge in [0.2, 0.25) is 0 Å². The summed E-state index contributed by atoms with van der Waals surface area (Å²) in [5, 5.41) is 18.3. The lowest BCUT2D eigenvalue weighted by atomic mass is 9.87. The second kappa shape index (κ2) is 12.3. The van der Waals surface area contributed by atoms with E-state index in [4.69, 9.17) is 14.2 Å². The number of benzene rings is 2. The summed E-state index contributed by atoms with van der Waals surface area (Å²) in [6.07, 6.45) is -0.00709. The maximum atomic E-state index is 15.8. The molecule has 10 nitrogen and oxygen atoms in total. The van der Waals surface area contributed by atoms with Crippen molar-refractivity contribution in [3.8, 4) is 22.3 Å². The van der Waals surface area contributed by atoms with Crippen molar-refractivity contribution in [3.63, 3.8) is 0 Å². The summed E-state index contributed by atoms with van der Waals surface area (Å²) in [6, 6.07) is 7.61. The lowest BCUT2D eigenvalue weighted by Gasteiger charge is -2.28. The number of fused-ring (bicyclic) bond motifs is 1. The fourth-order valence-electron chi connectivity index (χ4n) is 5.58. The van der Waals surface area contributed by atoms with Gasteiger partial charge in [-0.1, -0.05) is 36.3 Å². The molecule has 1 N–H and O–H groups in total. The van der Waals surface area contributed by atoms with Crippen molar-refractivity contribution in [3.05, 3.63) is 81.4 Å². The molecule has 1 atom stereocenters. The van der Waals surface area contributed by atoms with Gasteiger partial charge in [-0.25, -0.2) is 27.9 Å². The van der Waals surface area contributed by atoms with Crippen LogP contribution in [0.3, 0.4) is 0 Å². The van der Waals surface area contributed by atoms with E-state index in [2.05, 4.69) is 20.2 Å². The van der Waals surface area contributed by atoms with Crippen LogP contribution in [0.4, 0.5) is 13.2 Å². The minimum absolute atomic E-state index is 0.00198. The van der Waals surface area contributed by atoms with Crippen LogP contribution < -0.4 is 9.47 Å². The Hall–Kier alpha value is -4.56. The van der Waals surface area contributed by atoms with Crippen molar-refractivity contribution >= 4 is 28.3 Å². The molecule has 0 aliphatic carbocycles. The third kappa shape index (κ3) is 6.01. The Morgan fingerprint density at radius 3 is 2.61 bits per heavy atom. The van der Waals surface area contributed by atoms with Crippen LogP contribution in [-0.4, -0.2) is 55.6 Å². The van der Waals surface area contributed by atoms with E-state index in [0.29, 0.717) is 58.2 Å². The Morgan fingerprint density at radius 1 is 1.09 bits per heavy atom. The Bertz CT molecular complexity index is 1960. The van der Waals surface area contributed by atoms with Crippen LogP contribution in [0, 0.1) is 29.8 Å². The lowest BCUT2D eigenvalue weighted by molar-refractivity contribution is 0.0696. The van der Waals surface area contributed by atoms with Gasteiger partial charge in [0.05, 0.1) is 42.6 Å². The molecular weight excluding hydrogens is 623 g/mol. The molecule has 1 aliphatic heterocycles. The highest BCUT2D eigenvalue weighted by Crippen LogP contribution is 2.41. The molecule has 0 bridgehead atoms. The SMILES string of the molecule is CCOc1nnc(COc2nc(-c3cc(F)c(Cc4nc5c(F)cc(C(=O)O)cc5n4[C@@H]4COCC4(C)C)cc3C)ccc2F)s1. The minimum Gasteiger partial charge on any atom is -0.478 e. The van der Waals surface area contributed by atoms with Crippen LogP contribution in [-0.2, 0) is 17.8 Å². The number of carboxylic acids is 1. The standard InChI is InChI=1S/C32H30F3N5O5S/c1-5-44-31-39-38-27(46-31)14-45-29-20(33)6-7-23(36-29)19-12-21(34)17(8-16(19)2)11-26-37-28-22(35)9-18(30(41)42)10-24(28)40(26)25-13-43-15-32(25,3)4/h6-10,12,25H,5,11,13-15H2,1-4H3,(H,41,42)/t25-/m1/s1. The van der Waals surface area contributed by atoms with E-state index in [1.54, 1.807) is 17.6 Å². The number of pyridine rings is 1. The molecule has 0 amide bonds. The van der Waals surface area contributed by atoms with Crippen LogP contribution in [0.5, 0.6) is 11.1 Å². The topological polar surface area (TPSA) is 121 Å². The molecule has 1 fully saturated rings. The quantitative estimate of drug-likeness (QED) is 0.179. The van der Waals surface area contributed by atoms with E-state index < -0.39 is 23.4 Å². The second-order valence-electron chi connectivity index (χ2n) is 11.7. The Balaban J connectivity index is 1.33. The lowest BCUT2D eigenvalue weighted by Crippen LogP contribution is -2.27. The molecule has 5 aromatic rings. The molecule has 0 unspecified atom stereocenters. The van der Waals surface area contributed by atoms with Crippen LogP contribution in [0.25, 0.3) is 22.3 Å². The molecule has 2 aromatic carbocycles. The highest BCUT2D eigenvalue weighted by atomic mass is 32.1. The maximum Gasteiger partial charge on any atom is 0.335 e. The zero-order valence-electron chi connectivity index (χ0n) is 25.4. The number of rotatable bonds is 10. The van der Waals surface area contributed by atoms with Gasteiger partial charge in [-0.15, -0.1) is 5.10 Å². The molecule has 0 saturated carbocycles. The van der Waals surface area contributed by atoms with Crippen LogP contribution >= 0.6 is 11.3 Å². The number of aromatic carboxylic acids is 1. The molecule has 46 heavy (non-hydrogen) atoms. The number of hydrogen-bond acceptors (Lipinski definition) is 9. The van der Waals surface area contributed by atoms with Gasteiger partial charge < -0.3 is 23.9 Å². The van der Waals surface area contributed by atoms with E-state index in [1.807, 2.05) is 20.8 Å². The Labute approximate surface area is 265 Å². The number of aromatic nitrogens is 5. The first kappa shape index (κ1) is 31.4. The van der Waals surface area contributed by atoms with Crippen LogP contribution in [0.1, 0.15) is 59.1 Å². The van der Waals surface area contributed by atoms with E-state index in [0.717, 1.165) is 6.07 Å². The van der Waals surface area contributed by atoms with E-state index in [9.17, 15) is 14.3 Å². The number of hydrogen-bond donors (Lipinski definition) is 1. The number of nitrogens with zero attached hydrogens (tertiary/aromatic N) is 5. The number of halogens is 3. The highest BCUT2D eigenvalue weighted by Gasteiger charge is 2.39. The zero-order valence-corrected chi connectivity index (χ0v) is 26.3. The number of carboxylic acid groups (broad SMARTS) is 1. The molecule has 4 heterocycles. The second-order valence-corrected chi connectivity index (χ2v) is 12.7.